The number of ketones is 1. The lowest BCUT2D eigenvalue weighted by atomic mass is 9.38. The van der Waals surface area contributed by atoms with Gasteiger partial charge in [0.2, 0.25) is 0 Å². The molecule has 0 spiro atoms. The zero-order valence-corrected chi connectivity index (χ0v) is 16.0. The number of Topliss-reactive ketones (excluding diaryl/α,β-unsaturated/α-hetero) is 1. The Balaban J connectivity index is 1.26. The van der Waals surface area contributed by atoms with Gasteiger partial charge in [-0.15, -0.1) is 0 Å². The van der Waals surface area contributed by atoms with E-state index in [9.17, 15) is 22.8 Å². The summed E-state index contributed by atoms with van der Waals surface area (Å²) in [4.78, 5) is 24.5. The Bertz CT molecular complexity index is 991. The molecule has 2 bridgehead atoms. The van der Waals surface area contributed by atoms with Gasteiger partial charge < -0.3 is 10.1 Å². The molecule has 2 aromatic rings. The summed E-state index contributed by atoms with van der Waals surface area (Å²) < 4.78 is 45.4. The first-order valence-corrected chi connectivity index (χ1v) is 9.44. The molecule has 0 atom stereocenters. The fourth-order valence-corrected chi connectivity index (χ4v) is 4.63. The van der Waals surface area contributed by atoms with Gasteiger partial charge in [-0.2, -0.15) is 0 Å². The van der Waals surface area contributed by atoms with Crippen molar-refractivity contribution < 1.29 is 27.5 Å². The van der Waals surface area contributed by atoms with Crippen LogP contribution < -0.4 is 10.1 Å². The van der Waals surface area contributed by atoms with Gasteiger partial charge in [-0.1, -0.05) is 11.6 Å². The van der Waals surface area contributed by atoms with E-state index in [1.165, 1.54) is 12.1 Å². The van der Waals surface area contributed by atoms with Crippen molar-refractivity contribution in [2.75, 3.05) is 6.61 Å². The van der Waals surface area contributed by atoms with Crippen LogP contribution in [0, 0.1) is 22.9 Å². The smallest absolute Gasteiger partial charge is 0.258 e. The number of halogens is 4. The van der Waals surface area contributed by atoms with E-state index in [1.807, 2.05) is 0 Å². The van der Waals surface area contributed by atoms with Crippen molar-refractivity contribution >= 4 is 23.3 Å². The third-order valence-corrected chi connectivity index (χ3v) is 5.88. The summed E-state index contributed by atoms with van der Waals surface area (Å²) in [7, 11) is 0. The third kappa shape index (κ3) is 3.83. The molecule has 3 aliphatic rings. The molecule has 0 saturated heterocycles. The number of carbonyl (C=O) groups excluding carboxylic acids is 2. The van der Waals surface area contributed by atoms with Crippen molar-refractivity contribution in [2.45, 2.75) is 31.2 Å². The molecule has 5 rings (SSSR count). The molecule has 8 heteroatoms. The largest absolute Gasteiger partial charge is 0.484 e. The molecule has 29 heavy (non-hydrogen) atoms. The van der Waals surface area contributed by atoms with Gasteiger partial charge in [0.05, 0.1) is 10.6 Å². The molecule has 0 radical (unpaired) electrons. The standard InChI is InChI=1S/C21H17ClF3NO3/c22-15-4-2-13(6-17(15)25)29-8-19(28)26-21-9-20(10-21,11-21)7-18(27)14-3-1-12(23)5-16(14)24/h1-6H,7-11H2,(H,26,28). The Hall–Kier alpha value is -2.54. The molecule has 152 valence electrons. The van der Waals surface area contributed by atoms with Crippen LogP contribution in [0.15, 0.2) is 36.4 Å². The molecule has 4 nitrogen and oxygen atoms in total. The van der Waals surface area contributed by atoms with E-state index < -0.39 is 17.5 Å². The van der Waals surface area contributed by atoms with E-state index in [0.717, 1.165) is 18.2 Å². The van der Waals surface area contributed by atoms with Crippen LogP contribution in [0.4, 0.5) is 13.2 Å². The van der Waals surface area contributed by atoms with Gasteiger partial charge in [0.1, 0.15) is 23.2 Å². The minimum absolute atomic E-state index is 0.0315. The van der Waals surface area contributed by atoms with Gasteiger partial charge in [0.25, 0.3) is 5.91 Å². The number of benzene rings is 2. The summed E-state index contributed by atoms with van der Waals surface area (Å²) in [6.07, 6.45) is 2.02. The third-order valence-electron chi connectivity index (χ3n) is 5.57. The van der Waals surface area contributed by atoms with E-state index in [-0.39, 0.29) is 52.0 Å². The molecule has 0 aromatic heterocycles. The molecule has 0 heterocycles. The Kier molecular flexibility index (Phi) is 4.81. The SMILES string of the molecule is O=C(COc1ccc(Cl)c(F)c1)NC12CC(CC(=O)c3ccc(F)cc3F)(C1)C2. The van der Waals surface area contributed by atoms with Crippen molar-refractivity contribution in [3.63, 3.8) is 0 Å². The van der Waals surface area contributed by atoms with E-state index in [2.05, 4.69) is 5.32 Å². The van der Waals surface area contributed by atoms with Crippen LogP contribution in [0.25, 0.3) is 0 Å². The fraction of sp³-hybridized carbons (Fsp3) is 0.333. The number of rotatable bonds is 7. The van der Waals surface area contributed by atoms with Crippen molar-refractivity contribution in [1.82, 2.24) is 5.32 Å². The predicted molar refractivity (Wildman–Crippen MR) is 99.4 cm³/mol. The maximum atomic E-state index is 13.8. The number of hydrogen-bond donors (Lipinski definition) is 1. The topological polar surface area (TPSA) is 55.4 Å². The second-order valence-electron chi connectivity index (χ2n) is 7.95. The van der Waals surface area contributed by atoms with Crippen LogP contribution in [-0.4, -0.2) is 23.8 Å². The number of nitrogens with one attached hydrogen (secondary N) is 1. The minimum Gasteiger partial charge on any atom is -0.484 e. The molecular formula is C21H17ClF3NO3. The van der Waals surface area contributed by atoms with Gasteiger partial charge >= 0.3 is 0 Å². The number of amides is 1. The summed E-state index contributed by atoms with van der Waals surface area (Å²) in [5.74, 6) is -2.73. The van der Waals surface area contributed by atoms with E-state index in [0.29, 0.717) is 25.3 Å². The highest BCUT2D eigenvalue weighted by molar-refractivity contribution is 6.30. The van der Waals surface area contributed by atoms with E-state index in [4.69, 9.17) is 16.3 Å². The molecule has 3 saturated carbocycles. The normalized spacial score (nSPS) is 24.3. The Morgan fingerprint density at radius 1 is 1.03 bits per heavy atom. The lowest BCUT2D eigenvalue weighted by molar-refractivity contribution is -0.164. The molecule has 0 aliphatic heterocycles. The zero-order valence-electron chi connectivity index (χ0n) is 15.2. The highest BCUT2D eigenvalue weighted by Crippen LogP contribution is 2.69. The maximum Gasteiger partial charge on any atom is 0.258 e. The quantitative estimate of drug-likeness (QED) is 0.669. The van der Waals surface area contributed by atoms with Gasteiger partial charge in [0.15, 0.2) is 12.4 Å². The van der Waals surface area contributed by atoms with Crippen molar-refractivity contribution in [3.8, 4) is 5.75 Å². The van der Waals surface area contributed by atoms with Crippen molar-refractivity contribution in [2.24, 2.45) is 5.41 Å². The van der Waals surface area contributed by atoms with Crippen LogP contribution in [0.3, 0.4) is 0 Å². The van der Waals surface area contributed by atoms with Gasteiger partial charge in [-0.25, -0.2) is 13.2 Å². The molecule has 3 aliphatic carbocycles. The fourth-order valence-electron chi connectivity index (χ4n) is 4.52. The minimum atomic E-state index is -0.861. The summed E-state index contributed by atoms with van der Waals surface area (Å²) in [6.45, 7) is -0.268. The Morgan fingerprint density at radius 3 is 2.41 bits per heavy atom. The van der Waals surface area contributed by atoms with Gasteiger partial charge in [-0.05, 0) is 48.9 Å². The Labute approximate surface area is 170 Å². The van der Waals surface area contributed by atoms with Crippen LogP contribution in [0.2, 0.25) is 5.02 Å². The first-order chi connectivity index (χ1) is 13.7. The van der Waals surface area contributed by atoms with Crippen LogP contribution in [0.5, 0.6) is 5.75 Å². The van der Waals surface area contributed by atoms with Gasteiger partial charge in [-0.3, -0.25) is 9.59 Å². The van der Waals surface area contributed by atoms with Crippen LogP contribution >= 0.6 is 11.6 Å². The first-order valence-electron chi connectivity index (χ1n) is 9.07. The molecule has 0 unspecified atom stereocenters. The highest BCUT2D eigenvalue weighted by atomic mass is 35.5. The molecule has 3 fully saturated rings. The lowest BCUT2D eigenvalue weighted by Gasteiger charge is -2.70. The van der Waals surface area contributed by atoms with Crippen LogP contribution in [0.1, 0.15) is 36.0 Å². The summed E-state index contributed by atoms with van der Waals surface area (Å²) in [5.41, 5.74) is -0.726. The lowest BCUT2D eigenvalue weighted by Crippen LogP contribution is -2.75. The van der Waals surface area contributed by atoms with Gasteiger partial charge in [0, 0.05) is 24.1 Å². The van der Waals surface area contributed by atoms with Crippen LogP contribution in [-0.2, 0) is 4.79 Å². The predicted octanol–water partition coefficient (Wildman–Crippen LogP) is 4.45. The molecule has 2 aromatic carbocycles. The number of carbonyl (C=O) groups is 2. The van der Waals surface area contributed by atoms with Crippen molar-refractivity contribution in [3.05, 3.63) is 64.4 Å². The zero-order chi connectivity index (χ0) is 20.8. The summed E-state index contributed by atoms with van der Waals surface area (Å²) in [5, 5.41) is 2.86. The van der Waals surface area contributed by atoms with E-state index >= 15 is 0 Å². The molecular weight excluding hydrogens is 407 g/mol. The van der Waals surface area contributed by atoms with E-state index in [1.54, 1.807) is 0 Å². The second-order valence-corrected chi connectivity index (χ2v) is 8.35. The average Bonchev–Trinajstić information content (AvgIpc) is 2.59. The first kappa shape index (κ1) is 19.8. The molecule has 1 amide bonds. The monoisotopic (exact) mass is 423 g/mol. The second kappa shape index (κ2) is 7.06. The maximum absolute atomic E-state index is 13.8. The summed E-state index contributed by atoms with van der Waals surface area (Å²) in [6, 6.07) is 6.83. The Morgan fingerprint density at radius 2 is 1.76 bits per heavy atom. The average molecular weight is 424 g/mol. The molecule has 1 N–H and O–H groups in total. The number of hydrogen-bond acceptors (Lipinski definition) is 3. The summed E-state index contributed by atoms with van der Waals surface area (Å²) >= 11 is 5.59. The number of ether oxygens (including phenoxy) is 1. The van der Waals surface area contributed by atoms with Crippen molar-refractivity contribution in [1.29, 1.82) is 0 Å². The highest BCUT2D eigenvalue weighted by Gasteiger charge is 2.68.